The number of anilines is 2. The van der Waals surface area contributed by atoms with Gasteiger partial charge in [0.05, 0.1) is 11.9 Å². The molecule has 1 unspecified atom stereocenters. The zero-order valence-electron chi connectivity index (χ0n) is 15.0. The van der Waals surface area contributed by atoms with Crippen LogP contribution in [0.4, 0.5) is 11.4 Å². The number of hydrogen-bond donors (Lipinski definition) is 1. The fraction of sp³-hybridized carbons (Fsp3) is 0.316. The van der Waals surface area contributed by atoms with Crippen LogP contribution in [0.25, 0.3) is 0 Å². The molecule has 7 heteroatoms. The molecule has 6 nitrogen and oxygen atoms in total. The van der Waals surface area contributed by atoms with E-state index in [2.05, 4.69) is 5.32 Å². The van der Waals surface area contributed by atoms with Crippen molar-refractivity contribution in [1.82, 2.24) is 0 Å². The van der Waals surface area contributed by atoms with Gasteiger partial charge in [-0.25, -0.2) is 8.42 Å². The largest absolute Gasteiger partial charge is 0.478 e. The molecule has 0 fully saturated rings. The third kappa shape index (κ3) is 3.99. The molecule has 1 N–H and O–H groups in total. The van der Waals surface area contributed by atoms with Gasteiger partial charge in [-0.3, -0.25) is 9.10 Å². The topological polar surface area (TPSA) is 75.7 Å². The quantitative estimate of drug-likeness (QED) is 0.896. The Hall–Kier alpha value is -2.54. The summed E-state index contributed by atoms with van der Waals surface area (Å²) in [6.07, 6.45) is 0.640. The van der Waals surface area contributed by atoms with Crippen molar-refractivity contribution in [2.75, 3.05) is 22.4 Å². The number of sulfonamides is 1. The second kappa shape index (κ2) is 6.99. The van der Waals surface area contributed by atoms with Crippen LogP contribution in [0.1, 0.15) is 17.5 Å². The minimum absolute atomic E-state index is 0.181. The van der Waals surface area contributed by atoms with Crippen LogP contribution in [-0.4, -0.2) is 33.2 Å². The number of rotatable bonds is 3. The lowest BCUT2D eigenvalue weighted by Gasteiger charge is -2.20. The number of nitrogens with one attached hydrogen (secondary N) is 1. The molecule has 1 amide bonds. The number of fused-ring (bicyclic) bond motifs is 1. The van der Waals surface area contributed by atoms with Gasteiger partial charge in [-0.1, -0.05) is 18.2 Å². The molecule has 0 aliphatic carbocycles. The van der Waals surface area contributed by atoms with Crippen LogP contribution in [-0.2, 0) is 14.8 Å². The van der Waals surface area contributed by atoms with Crippen molar-refractivity contribution < 1.29 is 17.9 Å². The Kier molecular flexibility index (Phi) is 4.91. The van der Waals surface area contributed by atoms with E-state index in [9.17, 15) is 13.2 Å². The third-order valence-corrected chi connectivity index (χ3v) is 5.36. The van der Waals surface area contributed by atoms with Gasteiger partial charge in [0.1, 0.15) is 5.75 Å². The average molecular weight is 374 g/mol. The number of amides is 1. The Balaban J connectivity index is 1.85. The second-order valence-electron chi connectivity index (χ2n) is 6.56. The van der Waals surface area contributed by atoms with Crippen molar-refractivity contribution in [1.29, 1.82) is 0 Å². The summed E-state index contributed by atoms with van der Waals surface area (Å²) in [5, 5.41) is 2.87. The zero-order chi connectivity index (χ0) is 18.9. The number of hydrogen-bond acceptors (Lipinski definition) is 4. The lowest BCUT2D eigenvalue weighted by atomic mass is 10.1. The maximum absolute atomic E-state index is 12.7. The summed E-state index contributed by atoms with van der Waals surface area (Å²) in [4.78, 5) is 12.7. The minimum atomic E-state index is -3.46. The maximum Gasteiger partial charge on any atom is 0.265 e. The monoisotopic (exact) mass is 374 g/mol. The molecule has 0 aromatic heterocycles. The van der Waals surface area contributed by atoms with Crippen LogP contribution in [0, 0.1) is 13.8 Å². The van der Waals surface area contributed by atoms with E-state index in [1.165, 1.54) is 4.31 Å². The molecule has 0 radical (unpaired) electrons. The van der Waals surface area contributed by atoms with E-state index >= 15 is 0 Å². The lowest BCUT2D eigenvalue weighted by molar-refractivity contribution is -0.122. The van der Waals surface area contributed by atoms with E-state index in [0.717, 1.165) is 17.4 Å². The maximum atomic E-state index is 12.7. The van der Waals surface area contributed by atoms with E-state index < -0.39 is 16.1 Å². The van der Waals surface area contributed by atoms with Crippen molar-refractivity contribution in [3.8, 4) is 5.75 Å². The van der Waals surface area contributed by atoms with Crippen LogP contribution < -0.4 is 14.4 Å². The fourth-order valence-corrected chi connectivity index (χ4v) is 4.07. The van der Waals surface area contributed by atoms with E-state index in [-0.39, 0.29) is 18.9 Å². The molecule has 1 heterocycles. The average Bonchev–Trinajstić information content (AvgIpc) is 2.73. The summed E-state index contributed by atoms with van der Waals surface area (Å²) in [5.74, 6) is 0.0937. The molecule has 2 aromatic rings. The second-order valence-corrected chi connectivity index (χ2v) is 8.47. The predicted octanol–water partition coefficient (Wildman–Crippen LogP) is 2.86. The van der Waals surface area contributed by atoms with E-state index in [0.29, 0.717) is 17.1 Å². The van der Waals surface area contributed by atoms with Gasteiger partial charge < -0.3 is 10.1 Å². The molecule has 0 spiro atoms. The number of aryl methyl sites for hydroxylation is 2. The number of benzene rings is 2. The van der Waals surface area contributed by atoms with Gasteiger partial charge in [0.25, 0.3) is 5.91 Å². The van der Waals surface area contributed by atoms with Crippen LogP contribution in [0.2, 0.25) is 0 Å². The molecule has 3 rings (SSSR count). The highest BCUT2D eigenvalue weighted by molar-refractivity contribution is 7.92. The summed E-state index contributed by atoms with van der Waals surface area (Å²) in [6.45, 7) is 4.11. The van der Waals surface area contributed by atoms with Gasteiger partial charge in [-0.05, 0) is 49.2 Å². The summed E-state index contributed by atoms with van der Waals surface area (Å²) in [5.41, 5.74) is 3.26. The molecule has 2 aromatic carbocycles. The van der Waals surface area contributed by atoms with E-state index in [1.807, 2.05) is 32.0 Å². The van der Waals surface area contributed by atoms with Gasteiger partial charge >= 0.3 is 0 Å². The Morgan fingerprint density at radius 3 is 2.46 bits per heavy atom. The highest BCUT2D eigenvalue weighted by Gasteiger charge is 2.31. The van der Waals surface area contributed by atoms with Crippen molar-refractivity contribution >= 4 is 27.3 Å². The number of carbonyl (C=O) groups is 1. The fourth-order valence-electron chi connectivity index (χ4n) is 3.13. The van der Waals surface area contributed by atoms with Gasteiger partial charge in [0.15, 0.2) is 6.10 Å². The number of nitrogens with zero attached hydrogens (tertiary/aromatic N) is 1. The van der Waals surface area contributed by atoms with Gasteiger partial charge in [0, 0.05) is 18.7 Å². The smallest absolute Gasteiger partial charge is 0.265 e. The summed E-state index contributed by atoms with van der Waals surface area (Å²) in [6, 6.07) is 12.7. The normalized spacial score (nSPS) is 17.0. The number of carbonyl (C=O) groups excluding carboxylic acids is 1. The highest BCUT2D eigenvalue weighted by Crippen LogP contribution is 2.34. The SMILES string of the molecule is Cc1cc(C)cc(NC(=O)C2CCN(S(C)(=O)=O)c3ccccc3O2)c1. The first-order valence-electron chi connectivity index (χ1n) is 8.36. The molecular weight excluding hydrogens is 352 g/mol. The Morgan fingerprint density at radius 1 is 1.15 bits per heavy atom. The summed E-state index contributed by atoms with van der Waals surface area (Å²) < 4.78 is 31.4. The van der Waals surface area contributed by atoms with Gasteiger partial charge in [-0.2, -0.15) is 0 Å². The van der Waals surface area contributed by atoms with Crippen molar-refractivity contribution in [3.05, 3.63) is 53.6 Å². The van der Waals surface area contributed by atoms with Gasteiger partial charge in [-0.15, -0.1) is 0 Å². The molecule has 1 atom stereocenters. The molecule has 0 saturated carbocycles. The molecule has 0 saturated heterocycles. The molecular formula is C19H22N2O4S. The predicted molar refractivity (Wildman–Crippen MR) is 102 cm³/mol. The minimum Gasteiger partial charge on any atom is -0.478 e. The van der Waals surface area contributed by atoms with Crippen molar-refractivity contribution in [2.24, 2.45) is 0 Å². The Bertz CT molecular complexity index is 920. The van der Waals surface area contributed by atoms with Crippen LogP contribution in [0.15, 0.2) is 42.5 Å². The molecule has 138 valence electrons. The van der Waals surface area contributed by atoms with Crippen LogP contribution >= 0.6 is 0 Å². The van der Waals surface area contributed by atoms with E-state index in [4.69, 9.17) is 4.74 Å². The first kappa shape index (κ1) is 18.3. The highest BCUT2D eigenvalue weighted by atomic mass is 32.2. The molecule has 1 aliphatic heterocycles. The summed E-state index contributed by atoms with van der Waals surface area (Å²) >= 11 is 0. The van der Waals surface area contributed by atoms with Gasteiger partial charge in [0.2, 0.25) is 10.0 Å². The third-order valence-electron chi connectivity index (χ3n) is 4.18. The van der Waals surface area contributed by atoms with Crippen LogP contribution in [0.5, 0.6) is 5.75 Å². The first-order valence-corrected chi connectivity index (χ1v) is 10.2. The van der Waals surface area contributed by atoms with Crippen LogP contribution in [0.3, 0.4) is 0 Å². The lowest BCUT2D eigenvalue weighted by Crippen LogP contribution is -2.36. The van der Waals surface area contributed by atoms with Crippen molar-refractivity contribution in [3.63, 3.8) is 0 Å². The Morgan fingerprint density at radius 2 is 1.81 bits per heavy atom. The summed E-state index contributed by atoms with van der Waals surface area (Å²) in [7, 11) is -3.46. The molecule has 1 aliphatic rings. The molecule has 0 bridgehead atoms. The van der Waals surface area contributed by atoms with Crippen molar-refractivity contribution in [2.45, 2.75) is 26.4 Å². The number of ether oxygens (including phenoxy) is 1. The number of para-hydroxylation sites is 2. The standard InChI is InChI=1S/C19H22N2O4S/c1-13-10-14(2)12-15(11-13)20-19(22)18-8-9-21(26(3,23)24)16-6-4-5-7-17(16)25-18/h4-7,10-12,18H,8-9H2,1-3H3,(H,20,22). The molecule has 26 heavy (non-hydrogen) atoms. The zero-order valence-corrected chi connectivity index (χ0v) is 15.8. The first-order chi connectivity index (χ1) is 12.2. The Labute approximate surface area is 153 Å². The van der Waals surface area contributed by atoms with E-state index in [1.54, 1.807) is 24.3 Å².